The molecule has 0 amide bonds. The molecule has 1 heterocycles. The molecule has 0 unspecified atom stereocenters. The Labute approximate surface area is 137 Å². The van der Waals surface area contributed by atoms with Gasteiger partial charge in [0.2, 0.25) is 11.9 Å². The van der Waals surface area contributed by atoms with E-state index in [0.29, 0.717) is 16.0 Å². The van der Waals surface area contributed by atoms with E-state index in [1.807, 2.05) is 4.90 Å². The smallest absolute Gasteiger partial charge is 0.220 e. The van der Waals surface area contributed by atoms with E-state index in [1.54, 1.807) is 13.0 Å². The fourth-order valence-corrected chi connectivity index (χ4v) is 3.79. The normalized spacial score (nSPS) is 20.8. The topological polar surface area (TPSA) is 80.0 Å². The van der Waals surface area contributed by atoms with Crippen LogP contribution in [0.1, 0.15) is 37.7 Å². The molecule has 1 aromatic carbocycles. The molecular weight excluding hydrogens is 349 g/mol. The highest BCUT2D eigenvalue weighted by atomic mass is 79.9. The van der Waals surface area contributed by atoms with Gasteiger partial charge in [0.1, 0.15) is 11.5 Å². The van der Waals surface area contributed by atoms with Gasteiger partial charge in [-0.2, -0.15) is 4.99 Å². The third kappa shape index (κ3) is 2.37. The molecule has 7 heteroatoms. The largest absolute Gasteiger partial charge is 0.369 e. The average molecular weight is 368 g/mol. The lowest BCUT2D eigenvalue weighted by molar-refractivity contribution is 0.305. The minimum Gasteiger partial charge on any atom is -0.369 e. The van der Waals surface area contributed by atoms with Crippen molar-refractivity contribution in [1.29, 1.82) is 0 Å². The van der Waals surface area contributed by atoms with Crippen LogP contribution in [0.3, 0.4) is 0 Å². The van der Waals surface area contributed by atoms with E-state index in [1.165, 1.54) is 12.5 Å². The van der Waals surface area contributed by atoms with Crippen LogP contribution < -0.4 is 16.4 Å². The molecule has 118 valence electrons. The molecule has 2 aliphatic rings. The molecule has 0 atom stereocenters. The maximum atomic E-state index is 13.8. The maximum Gasteiger partial charge on any atom is 0.220 e. The van der Waals surface area contributed by atoms with Gasteiger partial charge in [0.15, 0.2) is 0 Å². The summed E-state index contributed by atoms with van der Waals surface area (Å²) >= 11 is 3.49. The number of halogens is 2. The van der Waals surface area contributed by atoms with Crippen LogP contribution in [0.2, 0.25) is 0 Å². The molecule has 1 spiro atoms. The van der Waals surface area contributed by atoms with Crippen LogP contribution in [0.25, 0.3) is 0 Å². The van der Waals surface area contributed by atoms with Gasteiger partial charge < -0.3 is 11.5 Å². The van der Waals surface area contributed by atoms with Gasteiger partial charge in [-0.3, -0.25) is 4.90 Å². The summed E-state index contributed by atoms with van der Waals surface area (Å²) in [6, 6.07) is 3.16. The number of anilines is 1. The summed E-state index contributed by atoms with van der Waals surface area (Å²) in [5.74, 6) is 0.260. The van der Waals surface area contributed by atoms with E-state index in [9.17, 15) is 4.39 Å². The summed E-state index contributed by atoms with van der Waals surface area (Å²) < 4.78 is 14.4. The van der Waals surface area contributed by atoms with Crippen molar-refractivity contribution in [3.63, 3.8) is 0 Å². The third-order valence-electron chi connectivity index (χ3n) is 4.39. The van der Waals surface area contributed by atoms with Crippen LogP contribution in [-0.2, 0) is 0 Å². The second kappa shape index (κ2) is 5.53. The van der Waals surface area contributed by atoms with Gasteiger partial charge in [-0.15, -0.1) is 0 Å². The van der Waals surface area contributed by atoms with Crippen LogP contribution in [-0.4, -0.2) is 17.6 Å². The SMILES string of the molecule is Cc1c(F)ccc(N2C(N)=NC(N)=NC23CCCCC3)c1Br. The summed E-state index contributed by atoms with van der Waals surface area (Å²) in [5, 5.41) is 0. The van der Waals surface area contributed by atoms with Crippen molar-refractivity contribution in [3.05, 3.63) is 28.0 Å². The van der Waals surface area contributed by atoms with Crippen molar-refractivity contribution in [2.75, 3.05) is 4.90 Å². The number of nitrogens with zero attached hydrogens (tertiary/aromatic N) is 3. The second-order valence-corrected chi connectivity index (χ2v) is 6.62. The quantitative estimate of drug-likeness (QED) is 0.800. The van der Waals surface area contributed by atoms with Gasteiger partial charge in [-0.1, -0.05) is 6.42 Å². The minimum absolute atomic E-state index is 0.214. The first-order valence-corrected chi connectivity index (χ1v) is 8.18. The Morgan fingerprint density at radius 2 is 1.91 bits per heavy atom. The van der Waals surface area contributed by atoms with E-state index in [2.05, 4.69) is 25.9 Å². The number of rotatable bonds is 1. The Hall–Kier alpha value is -1.63. The highest BCUT2D eigenvalue weighted by molar-refractivity contribution is 9.10. The molecule has 22 heavy (non-hydrogen) atoms. The fourth-order valence-electron chi connectivity index (χ4n) is 3.29. The molecule has 5 nitrogen and oxygen atoms in total. The molecule has 0 aromatic heterocycles. The van der Waals surface area contributed by atoms with E-state index >= 15 is 0 Å². The van der Waals surface area contributed by atoms with Crippen molar-refractivity contribution < 1.29 is 4.39 Å². The van der Waals surface area contributed by atoms with Gasteiger partial charge in [-0.05, 0) is 60.7 Å². The van der Waals surface area contributed by atoms with Crippen molar-refractivity contribution in [1.82, 2.24) is 0 Å². The Balaban J connectivity index is 2.14. The molecule has 0 bridgehead atoms. The lowest BCUT2D eigenvalue weighted by atomic mass is 9.87. The predicted octanol–water partition coefficient (Wildman–Crippen LogP) is 3.01. The average Bonchev–Trinajstić information content (AvgIpc) is 2.47. The van der Waals surface area contributed by atoms with Crippen LogP contribution in [0.4, 0.5) is 10.1 Å². The highest BCUT2D eigenvalue weighted by Crippen LogP contribution is 2.42. The van der Waals surface area contributed by atoms with Crippen molar-refractivity contribution in [2.24, 2.45) is 21.5 Å². The predicted molar refractivity (Wildman–Crippen MR) is 90.4 cm³/mol. The lowest BCUT2D eigenvalue weighted by Gasteiger charge is -2.46. The number of aliphatic imine (C=N–C) groups is 2. The number of benzene rings is 1. The highest BCUT2D eigenvalue weighted by Gasteiger charge is 2.43. The molecule has 0 radical (unpaired) electrons. The van der Waals surface area contributed by atoms with E-state index in [-0.39, 0.29) is 11.8 Å². The van der Waals surface area contributed by atoms with Crippen molar-refractivity contribution in [3.8, 4) is 0 Å². The molecule has 3 rings (SSSR count). The summed E-state index contributed by atoms with van der Waals surface area (Å²) in [6.07, 6.45) is 4.99. The van der Waals surface area contributed by atoms with Crippen LogP contribution >= 0.6 is 15.9 Å². The van der Waals surface area contributed by atoms with E-state index < -0.39 is 5.66 Å². The summed E-state index contributed by atoms with van der Waals surface area (Å²) in [4.78, 5) is 10.6. The van der Waals surface area contributed by atoms with Crippen LogP contribution in [0.15, 0.2) is 26.6 Å². The molecule has 1 fully saturated rings. The zero-order valence-electron chi connectivity index (χ0n) is 12.4. The molecule has 4 N–H and O–H groups in total. The molecule has 1 aliphatic carbocycles. The molecule has 1 aliphatic heterocycles. The van der Waals surface area contributed by atoms with Gasteiger partial charge in [-0.25, -0.2) is 9.38 Å². The third-order valence-corrected chi connectivity index (χ3v) is 5.39. The molecule has 1 saturated carbocycles. The van der Waals surface area contributed by atoms with Gasteiger partial charge >= 0.3 is 0 Å². The van der Waals surface area contributed by atoms with Crippen LogP contribution in [0, 0.1) is 12.7 Å². The maximum absolute atomic E-state index is 13.8. The minimum atomic E-state index is -0.513. The standard InChI is InChI=1S/C15H19BrFN5/c1-9-10(17)5-6-11(12(9)16)22-14(19)20-13(18)21-15(22)7-3-2-4-8-15/h5-6H,2-4,7-8H2,1H3,(H4,18,19,20,21). The summed E-state index contributed by atoms with van der Waals surface area (Å²) in [6.45, 7) is 1.73. The first-order chi connectivity index (χ1) is 10.4. The Morgan fingerprint density at radius 1 is 1.23 bits per heavy atom. The fraction of sp³-hybridized carbons (Fsp3) is 0.467. The second-order valence-electron chi connectivity index (χ2n) is 5.82. The number of hydrogen-bond acceptors (Lipinski definition) is 5. The first kappa shape index (κ1) is 15.3. The van der Waals surface area contributed by atoms with Gasteiger partial charge in [0.05, 0.1) is 5.69 Å². The number of nitrogens with two attached hydrogens (primary N) is 2. The molecule has 0 saturated heterocycles. The van der Waals surface area contributed by atoms with E-state index in [4.69, 9.17) is 11.5 Å². The Bertz CT molecular complexity index is 664. The number of guanidine groups is 2. The Kier molecular flexibility index (Phi) is 3.84. The zero-order chi connectivity index (χ0) is 15.9. The summed E-state index contributed by atoms with van der Waals surface area (Å²) in [7, 11) is 0. The molecule has 1 aromatic rings. The molecular formula is C15H19BrFN5. The van der Waals surface area contributed by atoms with Gasteiger partial charge in [0.25, 0.3) is 0 Å². The number of hydrogen-bond donors (Lipinski definition) is 2. The first-order valence-electron chi connectivity index (χ1n) is 7.39. The Morgan fingerprint density at radius 3 is 2.59 bits per heavy atom. The summed E-state index contributed by atoms with van der Waals surface area (Å²) in [5.41, 5.74) is 12.8. The van der Waals surface area contributed by atoms with Crippen molar-refractivity contribution in [2.45, 2.75) is 44.7 Å². The van der Waals surface area contributed by atoms with Crippen molar-refractivity contribution >= 4 is 33.5 Å². The lowest BCUT2D eigenvalue weighted by Crippen LogP contribution is -2.58. The van der Waals surface area contributed by atoms with Gasteiger partial charge in [0, 0.05) is 10.0 Å². The monoisotopic (exact) mass is 367 g/mol. The van der Waals surface area contributed by atoms with E-state index in [0.717, 1.165) is 31.4 Å². The zero-order valence-corrected chi connectivity index (χ0v) is 14.0. The van der Waals surface area contributed by atoms with Crippen LogP contribution in [0.5, 0.6) is 0 Å².